The molecule has 0 aromatic heterocycles. The number of nitrogens with zero attached hydrogens (tertiary/aromatic N) is 1. The monoisotopic (exact) mass is 398 g/mol. The lowest BCUT2D eigenvalue weighted by Crippen LogP contribution is -2.29. The average Bonchev–Trinajstić information content (AvgIpc) is 2.59. The number of hydrogen-bond donors (Lipinski definition) is 1. The highest BCUT2D eigenvalue weighted by Crippen LogP contribution is 2.31. The Morgan fingerprint density at radius 1 is 1.12 bits per heavy atom. The molecule has 8 heteroatoms. The van der Waals surface area contributed by atoms with Gasteiger partial charge >= 0.3 is 0 Å². The zero-order valence-corrected chi connectivity index (χ0v) is 15.7. The van der Waals surface area contributed by atoms with Crippen molar-refractivity contribution in [1.82, 2.24) is 4.90 Å². The fourth-order valence-corrected chi connectivity index (χ4v) is 3.72. The van der Waals surface area contributed by atoms with Crippen LogP contribution in [0.5, 0.6) is 11.5 Å². The summed E-state index contributed by atoms with van der Waals surface area (Å²) in [6, 6.07) is 8.57. The van der Waals surface area contributed by atoms with Crippen molar-refractivity contribution in [3.8, 4) is 11.5 Å². The van der Waals surface area contributed by atoms with E-state index in [0.717, 1.165) is 25.9 Å². The van der Waals surface area contributed by atoms with Gasteiger partial charge in [0.15, 0.2) is 0 Å². The highest BCUT2D eigenvalue weighted by molar-refractivity contribution is 7.89. The smallest absolute Gasteiger partial charge is 0.238 e. The van der Waals surface area contributed by atoms with Crippen LogP contribution in [0.15, 0.2) is 41.3 Å². The Morgan fingerprint density at radius 3 is 2.50 bits per heavy atom. The predicted molar refractivity (Wildman–Crippen MR) is 98.4 cm³/mol. The third-order valence-electron chi connectivity index (χ3n) is 4.32. The summed E-state index contributed by atoms with van der Waals surface area (Å²) in [5.74, 6) is 0.336. The van der Waals surface area contributed by atoms with E-state index in [1.165, 1.54) is 36.8 Å². The number of ether oxygens (including phenoxy) is 1. The molecule has 0 unspecified atom stereocenters. The second-order valence-electron chi connectivity index (χ2n) is 6.33. The number of rotatable bonds is 5. The molecule has 0 spiro atoms. The van der Waals surface area contributed by atoms with Gasteiger partial charge in [0.2, 0.25) is 10.0 Å². The first-order chi connectivity index (χ1) is 12.3. The molecule has 2 aromatic rings. The number of sulfonamides is 1. The van der Waals surface area contributed by atoms with E-state index in [9.17, 15) is 12.8 Å². The Labute approximate surface area is 157 Å². The molecular formula is C18H20ClFN2O3S. The zero-order valence-electron chi connectivity index (χ0n) is 14.1. The number of primary sulfonamides is 1. The van der Waals surface area contributed by atoms with Crippen molar-refractivity contribution in [2.45, 2.75) is 30.7 Å². The molecule has 1 aliphatic heterocycles. The highest BCUT2D eigenvalue weighted by Gasteiger charge is 2.17. The van der Waals surface area contributed by atoms with Crippen LogP contribution in [0.2, 0.25) is 5.02 Å². The molecule has 1 aliphatic rings. The maximum atomic E-state index is 13.3. The lowest BCUT2D eigenvalue weighted by Gasteiger charge is -2.27. The van der Waals surface area contributed by atoms with Crippen molar-refractivity contribution in [2.75, 3.05) is 13.1 Å². The Bertz CT molecular complexity index is 899. The summed E-state index contributed by atoms with van der Waals surface area (Å²) in [6.07, 6.45) is 3.42. The molecule has 0 atom stereocenters. The first-order valence-corrected chi connectivity index (χ1v) is 10.3. The topological polar surface area (TPSA) is 72.6 Å². The Morgan fingerprint density at radius 2 is 1.85 bits per heavy atom. The third-order valence-corrected chi connectivity index (χ3v) is 5.52. The molecule has 26 heavy (non-hydrogen) atoms. The van der Waals surface area contributed by atoms with Crippen LogP contribution in [0.25, 0.3) is 0 Å². The summed E-state index contributed by atoms with van der Waals surface area (Å²) in [7, 11) is -3.81. The van der Waals surface area contributed by atoms with E-state index in [4.69, 9.17) is 21.5 Å². The van der Waals surface area contributed by atoms with Gasteiger partial charge in [0, 0.05) is 18.2 Å². The van der Waals surface area contributed by atoms with Crippen LogP contribution in [0.1, 0.15) is 24.8 Å². The molecule has 2 N–H and O–H groups in total. The minimum atomic E-state index is -3.81. The largest absolute Gasteiger partial charge is 0.457 e. The summed E-state index contributed by atoms with van der Waals surface area (Å²) in [5, 5.41) is 5.22. The molecule has 0 radical (unpaired) electrons. The highest BCUT2D eigenvalue weighted by atomic mass is 35.5. The summed E-state index contributed by atoms with van der Waals surface area (Å²) < 4.78 is 42.6. The first-order valence-electron chi connectivity index (χ1n) is 8.34. The molecule has 0 aliphatic carbocycles. The van der Waals surface area contributed by atoms with Crippen LogP contribution >= 0.6 is 11.6 Å². The van der Waals surface area contributed by atoms with Crippen LogP contribution in [0, 0.1) is 5.82 Å². The summed E-state index contributed by atoms with van der Waals surface area (Å²) >= 11 is 5.80. The lowest BCUT2D eigenvalue weighted by molar-refractivity contribution is 0.219. The molecule has 0 saturated carbocycles. The van der Waals surface area contributed by atoms with Crippen molar-refractivity contribution < 1.29 is 17.5 Å². The van der Waals surface area contributed by atoms with E-state index in [2.05, 4.69) is 4.90 Å². The Kier molecular flexibility index (Phi) is 5.82. The number of piperidine rings is 1. The summed E-state index contributed by atoms with van der Waals surface area (Å²) in [4.78, 5) is 2.28. The Balaban J connectivity index is 1.92. The van der Waals surface area contributed by atoms with Crippen LogP contribution in [-0.4, -0.2) is 26.4 Å². The summed E-state index contributed by atoms with van der Waals surface area (Å²) in [6.45, 7) is 2.44. The van der Waals surface area contributed by atoms with Crippen LogP contribution in [-0.2, 0) is 16.6 Å². The van der Waals surface area contributed by atoms with Crippen molar-refractivity contribution in [3.05, 3.63) is 52.8 Å². The van der Waals surface area contributed by atoms with Gasteiger partial charge in [0.25, 0.3) is 0 Å². The van der Waals surface area contributed by atoms with E-state index in [1.807, 2.05) is 0 Å². The molecule has 1 fully saturated rings. The van der Waals surface area contributed by atoms with Crippen molar-refractivity contribution in [3.63, 3.8) is 0 Å². The predicted octanol–water partition coefficient (Wildman–Crippen LogP) is 3.90. The minimum Gasteiger partial charge on any atom is -0.457 e. The molecule has 1 heterocycles. The molecular weight excluding hydrogens is 379 g/mol. The van der Waals surface area contributed by atoms with Gasteiger partial charge in [-0.2, -0.15) is 0 Å². The van der Waals surface area contributed by atoms with Crippen molar-refractivity contribution >= 4 is 21.6 Å². The first kappa shape index (κ1) is 19.1. The Hall–Kier alpha value is -1.67. The second kappa shape index (κ2) is 7.92. The SMILES string of the molecule is NS(=O)(=O)c1ccc(Oc2ccc(F)c(Cl)c2)c(CN2CCCCC2)c1. The van der Waals surface area contributed by atoms with Gasteiger partial charge in [0.1, 0.15) is 17.3 Å². The van der Waals surface area contributed by atoms with E-state index >= 15 is 0 Å². The van der Waals surface area contributed by atoms with Gasteiger partial charge in [0.05, 0.1) is 9.92 Å². The summed E-state index contributed by atoms with van der Waals surface area (Å²) in [5.41, 5.74) is 0.707. The van der Waals surface area contributed by atoms with Crippen molar-refractivity contribution in [2.24, 2.45) is 5.14 Å². The maximum absolute atomic E-state index is 13.3. The number of nitrogens with two attached hydrogens (primary N) is 1. The van der Waals surface area contributed by atoms with Crippen molar-refractivity contribution in [1.29, 1.82) is 0 Å². The molecule has 3 rings (SSSR count). The average molecular weight is 399 g/mol. The molecule has 0 bridgehead atoms. The zero-order chi connectivity index (χ0) is 18.7. The number of benzene rings is 2. The van der Waals surface area contributed by atoms with Crippen LogP contribution in [0.3, 0.4) is 0 Å². The number of hydrogen-bond acceptors (Lipinski definition) is 4. The normalized spacial score (nSPS) is 15.8. The molecule has 1 saturated heterocycles. The van der Waals surface area contributed by atoms with Crippen LogP contribution in [0.4, 0.5) is 4.39 Å². The van der Waals surface area contributed by atoms with E-state index in [1.54, 1.807) is 6.07 Å². The molecule has 0 amide bonds. The molecule has 140 valence electrons. The maximum Gasteiger partial charge on any atom is 0.238 e. The standard InChI is InChI=1S/C18H20ClFN2O3S/c19-16-11-14(4-6-17(16)20)25-18-7-5-15(26(21,23)24)10-13(18)12-22-8-2-1-3-9-22/h4-7,10-11H,1-3,8-9,12H2,(H2,21,23,24). The molecule has 5 nitrogen and oxygen atoms in total. The fourth-order valence-electron chi connectivity index (χ4n) is 2.98. The number of halogens is 2. The van der Waals surface area contributed by atoms with Gasteiger partial charge in [-0.25, -0.2) is 17.9 Å². The molecule has 2 aromatic carbocycles. The fraction of sp³-hybridized carbons (Fsp3) is 0.333. The lowest BCUT2D eigenvalue weighted by atomic mass is 10.1. The second-order valence-corrected chi connectivity index (χ2v) is 8.30. The number of likely N-dealkylation sites (tertiary alicyclic amines) is 1. The third kappa shape index (κ3) is 4.73. The minimum absolute atomic E-state index is 0.0361. The van der Waals surface area contributed by atoms with E-state index < -0.39 is 15.8 Å². The van der Waals surface area contributed by atoms with Gasteiger partial charge in [-0.3, -0.25) is 4.90 Å². The van der Waals surface area contributed by atoms with Crippen LogP contribution < -0.4 is 9.88 Å². The van der Waals surface area contributed by atoms with Gasteiger partial charge in [-0.1, -0.05) is 18.0 Å². The van der Waals surface area contributed by atoms with E-state index in [-0.39, 0.29) is 9.92 Å². The van der Waals surface area contributed by atoms with Gasteiger partial charge < -0.3 is 4.74 Å². The van der Waals surface area contributed by atoms with Gasteiger partial charge in [-0.15, -0.1) is 0 Å². The van der Waals surface area contributed by atoms with Gasteiger partial charge in [-0.05, 0) is 56.3 Å². The quantitative estimate of drug-likeness (QED) is 0.828. The van der Waals surface area contributed by atoms with E-state index in [0.29, 0.717) is 23.6 Å².